The van der Waals surface area contributed by atoms with Gasteiger partial charge in [0.1, 0.15) is 6.04 Å². The zero-order valence-electron chi connectivity index (χ0n) is 15.7. The minimum absolute atomic E-state index is 0.0334. The van der Waals surface area contributed by atoms with E-state index in [1.807, 2.05) is 35.2 Å². The topological polar surface area (TPSA) is 60.2 Å². The van der Waals surface area contributed by atoms with Gasteiger partial charge in [-0.1, -0.05) is 48.0 Å². The average Bonchev–Trinajstić information content (AvgIpc) is 3.36. The number of H-pyrrole nitrogens is 1. The summed E-state index contributed by atoms with van der Waals surface area (Å²) in [7, 11) is 0. The minimum atomic E-state index is -0.209. The van der Waals surface area contributed by atoms with E-state index >= 15 is 0 Å². The predicted molar refractivity (Wildman–Crippen MR) is 111 cm³/mol. The molecule has 0 bridgehead atoms. The molecule has 2 fully saturated rings. The maximum absolute atomic E-state index is 13.2. The van der Waals surface area contributed by atoms with Crippen LogP contribution in [0.5, 0.6) is 0 Å². The van der Waals surface area contributed by atoms with E-state index in [0.29, 0.717) is 6.54 Å². The van der Waals surface area contributed by atoms with Gasteiger partial charge >= 0.3 is 0 Å². The molecule has 0 spiro atoms. The van der Waals surface area contributed by atoms with Crippen LogP contribution in [0, 0.1) is 5.92 Å². The van der Waals surface area contributed by atoms with Crippen molar-refractivity contribution in [3.63, 3.8) is 0 Å². The lowest BCUT2D eigenvalue weighted by molar-refractivity contribution is -0.130. The Hall–Kier alpha value is -2.34. The van der Waals surface area contributed by atoms with Crippen molar-refractivity contribution in [1.29, 1.82) is 0 Å². The Morgan fingerprint density at radius 3 is 2.71 bits per heavy atom. The normalized spacial score (nSPS) is 26.9. The lowest BCUT2D eigenvalue weighted by Crippen LogP contribution is -2.42. The molecule has 0 radical (unpaired) electrons. The van der Waals surface area contributed by atoms with Gasteiger partial charge in [-0.05, 0) is 36.6 Å². The van der Waals surface area contributed by atoms with Crippen molar-refractivity contribution in [3.05, 3.63) is 70.9 Å². The first-order valence-electron chi connectivity index (χ1n) is 9.76. The van der Waals surface area contributed by atoms with E-state index < -0.39 is 0 Å². The fourth-order valence-electron chi connectivity index (χ4n) is 4.83. The van der Waals surface area contributed by atoms with Gasteiger partial charge in [-0.25, -0.2) is 5.43 Å². The molecule has 2 aromatic carbocycles. The highest BCUT2D eigenvalue weighted by Crippen LogP contribution is 2.44. The van der Waals surface area contributed by atoms with Gasteiger partial charge in [0.15, 0.2) is 0 Å². The predicted octanol–water partition coefficient (Wildman–Crippen LogP) is 3.43. The second kappa shape index (κ2) is 6.92. The number of likely N-dealkylation sites (tertiary alicyclic amines) is 1. The third kappa shape index (κ3) is 2.73. The molecule has 5 rings (SSSR count). The van der Waals surface area contributed by atoms with Crippen molar-refractivity contribution in [3.8, 4) is 0 Å². The average molecular weight is 395 g/mol. The molecule has 28 heavy (non-hydrogen) atoms. The van der Waals surface area contributed by atoms with Crippen LogP contribution in [0.2, 0.25) is 5.02 Å². The van der Waals surface area contributed by atoms with Crippen molar-refractivity contribution < 1.29 is 4.79 Å². The number of nitrogens with zero attached hydrogens (tertiary/aromatic N) is 1. The molecule has 3 aromatic rings. The zero-order valence-corrected chi connectivity index (χ0v) is 16.4. The highest BCUT2D eigenvalue weighted by atomic mass is 35.5. The summed E-state index contributed by atoms with van der Waals surface area (Å²) in [6.45, 7) is 2.79. The van der Waals surface area contributed by atoms with Crippen LogP contribution in [0.15, 0.2) is 54.7 Å². The van der Waals surface area contributed by atoms with Crippen molar-refractivity contribution in [2.24, 2.45) is 5.92 Å². The minimum Gasteiger partial charge on any atom is -0.361 e. The fourth-order valence-corrected chi connectivity index (χ4v) is 5.07. The van der Waals surface area contributed by atoms with E-state index in [2.05, 4.69) is 47.2 Å². The van der Waals surface area contributed by atoms with Crippen molar-refractivity contribution in [2.45, 2.75) is 31.5 Å². The first-order chi connectivity index (χ1) is 13.6. The van der Waals surface area contributed by atoms with Gasteiger partial charge in [0.05, 0.1) is 6.04 Å². The van der Waals surface area contributed by atoms with Crippen LogP contribution in [0.25, 0.3) is 10.9 Å². The van der Waals surface area contributed by atoms with Crippen molar-refractivity contribution in [2.75, 3.05) is 6.54 Å². The van der Waals surface area contributed by atoms with Crippen molar-refractivity contribution in [1.82, 2.24) is 20.7 Å². The number of benzene rings is 2. The molecule has 0 saturated carbocycles. The quantitative estimate of drug-likeness (QED) is 0.635. The van der Waals surface area contributed by atoms with Gasteiger partial charge in [-0.3, -0.25) is 10.2 Å². The smallest absolute Gasteiger partial charge is 0.242 e. The number of hydrogen-bond donors (Lipinski definition) is 3. The third-order valence-corrected chi connectivity index (χ3v) is 6.54. The monoisotopic (exact) mass is 394 g/mol. The molecular formula is C22H23ClN4O. The first-order valence-corrected chi connectivity index (χ1v) is 10.1. The summed E-state index contributed by atoms with van der Waals surface area (Å²) in [6, 6.07) is 16.1. The van der Waals surface area contributed by atoms with Gasteiger partial charge in [0.25, 0.3) is 0 Å². The maximum atomic E-state index is 13.2. The molecule has 4 atom stereocenters. The number of para-hydroxylation sites is 1. The number of fused-ring (bicyclic) bond motifs is 2. The zero-order chi connectivity index (χ0) is 19.3. The maximum Gasteiger partial charge on any atom is 0.242 e. The highest BCUT2D eigenvalue weighted by molar-refractivity contribution is 6.31. The summed E-state index contributed by atoms with van der Waals surface area (Å²) >= 11 is 6.55. The molecule has 144 valence electrons. The fraction of sp³-hybridized carbons (Fsp3) is 0.318. The second-order valence-electron chi connectivity index (χ2n) is 7.74. The number of carbonyl (C=O) groups is 1. The lowest BCUT2D eigenvalue weighted by atomic mass is 9.87. The number of amides is 1. The molecule has 5 nitrogen and oxygen atoms in total. The second-order valence-corrected chi connectivity index (χ2v) is 8.15. The van der Waals surface area contributed by atoms with Crippen LogP contribution < -0.4 is 10.9 Å². The molecule has 3 N–H and O–H groups in total. The number of rotatable bonds is 4. The summed E-state index contributed by atoms with van der Waals surface area (Å²) < 4.78 is 0. The van der Waals surface area contributed by atoms with Gasteiger partial charge < -0.3 is 9.88 Å². The molecule has 2 aliphatic heterocycles. The van der Waals surface area contributed by atoms with Gasteiger partial charge in [0, 0.05) is 40.6 Å². The largest absolute Gasteiger partial charge is 0.361 e. The van der Waals surface area contributed by atoms with Crippen LogP contribution in [0.3, 0.4) is 0 Å². The van der Waals surface area contributed by atoms with Crippen LogP contribution in [0.4, 0.5) is 0 Å². The van der Waals surface area contributed by atoms with E-state index in [9.17, 15) is 4.79 Å². The van der Waals surface area contributed by atoms with E-state index in [1.54, 1.807) is 0 Å². The standard InChI is InChI=1S/C22H23ClN4O/c1-13-19-20(26-25-13)22(28)27(21(19)16-7-2-4-8-17(16)23)11-10-14-12-24-18-9-5-3-6-15(14)18/h2-9,12-13,19-21,24-26H,10-11H2,1H3. The van der Waals surface area contributed by atoms with E-state index in [-0.39, 0.29) is 30.0 Å². The summed E-state index contributed by atoms with van der Waals surface area (Å²) in [5.74, 6) is 0.293. The molecule has 6 heteroatoms. The van der Waals surface area contributed by atoms with Gasteiger partial charge in [-0.2, -0.15) is 0 Å². The Kier molecular flexibility index (Phi) is 4.38. The number of aromatic amines is 1. The Morgan fingerprint density at radius 2 is 1.86 bits per heavy atom. The van der Waals surface area contributed by atoms with Crippen molar-refractivity contribution >= 4 is 28.4 Å². The summed E-state index contributed by atoms with van der Waals surface area (Å²) in [5.41, 5.74) is 9.83. The van der Waals surface area contributed by atoms with E-state index in [0.717, 1.165) is 22.5 Å². The number of hydrazine groups is 1. The Bertz CT molecular complexity index is 1030. The number of nitrogens with one attached hydrogen (secondary N) is 3. The highest BCUT2D eigenvalue weighted by Gasteiger charge is 2.54. The number of halogens is 1. The van der Waals surface area contributed by atoms with Gasteiger partial charge in [-0.15, -0.1) is 0 Å². The molecule has 1 aromatic heterocycles. The molecule has 1 amide bonds. The third-order valence-electron chi connectivity index (χ3n) is 6.20. The van der Waals surface area contributed by atoms with E-state index in [4.69, 9.17) is 11.6 Å². The molecule has 0 aliphatic carbocycles. The molecule has 2 saturated heterocycles. The summed E-state index contributed by atoms with van der Waals surface area (Å²) in [5, 5.41) is 1.94. The van der Waals surface area contributed by atoms with Crippen LogP contribution in [0.1, 0.15) is 24.1 Å². The number of hydrogen-bond acceptors (Lipinski definition) is 3. The van der Waals surface area contributed by atoms with Crippen LogP contribution in [-0.2, 0) is 11.2 Å². The van der Waals surface area contributed by atoms with E-state index in [1.165, 1.54) is 10.9 Å². The van der Waals surface area contributed by atoms with Crippen LogP contribution in [-0.4, -0.2) is 34.4 Å². The Labute approximate surface area is 169 Å². The summed E-state index contributed by atoms with van der Waals surface area (Å²) in [4.78, 5) is 18.6. The lowest BCUT2D eigenvalue weighted by Gasteiger charge is -2.30. The molecule has 3 heterocycles. The number of carbonyl (C=O) groups excluding carboxylic acids is 1. The molecule has 4 unspecified atom stereocenters. The summed E-state index contributed by atoms with van der Waals surface area (Å²) in [6.07, 6.45) is 2.86. The van der Waals surface area contributed by atoms with Crippen LogP contribution >= 0.6 is 11.6 Å². The Balaban J connectivity index is 1.48. The Morgan fingerprint density at radius 1 is 1.07 bits per heavy atom. The number of aromatic nitrogens is 1. The molecular weight excluding hydrogens is 372 g/mol. The SMILES string of the molecule is CC1NNC2C(=O)N(CCc3c[nH]c4ccccc34)C(c3ccccc3Cl)C12. The molecule has 2 aliphatic rings. The first kappa shape index (κ1) is 17.7. The van der Waals surface area contributed by atoms with Gasteiger partial charge in [0.2, 0.25) is 5.91 Å².